The van der Waals surface area contributed by atoms with E-state index < -0.39 is 5.97 Å². The van der Waals surface area contributed by atoms with Gasteiger partial charge in [-0.3, -0.25) is 4.79 Å². The van der Waals surface area contributed by atoms with Crippen LogP contribution in [0.3, 0.4) is 0 Å². The fourth-order valence-electron chi connectivity index (χ4n) is 3.12. The first-order valence-corrected chi connectivity index (χ1v) is 9.69. The SMILES string of the molecule is COc1ccc(OCCOC(=O)c2nn(-c3ccccc3)c(=O)c3ccccc23)cc1. The molecule has 0 atom stereocenters. The molecule has 1 aromatic heterocycles. The Bertz CT molecular complexity index is 1250. The topological polar surface area (TPSA) is 79.7 Å². The molecule has 4 rings (SSSR count). The van der Waals surface area contributed by atoms with Gasteiger partial charge in [-0.1, -0.05) is 36.4 Å². The lowest BCUT2D eigenvalue weighted by atomic mass is 10.1. The zero-order chi connectivity index (χ0) is 21.6. The second-order valence-electron chi connectivity index (χ2n) is 6.61. The summed E-state index contributed by atoms with van der Waals surface area (Å²) in [4.78, 5) is 25.7. The van der Waals surface area contributed by atoms with Crippen LogP contribution in [-0.2, 0) is 4.74 Å². The Morgan fingerprint density at radius 1 is 0.839 bits per heavy atom. The van der Waals surface area contributed by atoms with Crippen LogP contribution in [0.2, 0.25) is 0 Å². The van der Waals surface area contributed by atoms with Crippen molar-refractivity contribution in [3.63, 3.8) is 0 Å². The molecular weight excluding hydrogens is 396 g/mol. The number of fused-ring (bicyclic) bond motifs is 1. The summed E-state index contributed by atoms with van der Waals surface area (Å²) in [6.07, 6.45) is 0. The minimum Gasteiger partial charge on any atom is -0.497 e. The van der Waals surface area contributed by atoms with E-state index in [0.29, 0.717) is 22.2 Å². The minimum atomic E-state index is -0.626. The number of nitrogens with zero attached hydrogens (tertiary/aromatic N) is 2. The summed E-state index contributed by atoms with van der Waals surface area (Å²) < 4.78 is 17.3. The number of ether oxygens (including phenoxy) is 3. The Morgan fingerprint density at radius 3 is 2.19 bits per heavy atom. The van der Waals surface area contributed by atoms with Gasteiger partial charge in [-0.15, -0.1) is 0 Å². The Balaban J connectivity index is 1.53. The highest BCUT2D eigenvalue weighted by Crippen LogP contribution is 2.18. The molecule has 0 amide bonds. The third kappa shape index (κ3) is 4.40. The van der Waals surface area contributed by atoms with Crippen molar-refractivity contribution in [2.24, 2.45) is 0 Å². The second-order valence-corrected chi connectivity index (χ2v) is 6.61. The van der Waals surface area contributed by atoms with E-state index in [2.05, 4.69) is 5.10 Å². The first kappa shape index (κ1) is 20.2. The number of carbonyl (C=O) groups is 1. The molecule has 3 aromatic carbocycles. The number of benzene rings is 3. The van der Waals surface area contributed by atoms with Crippen molar-refractivity contribution >= 4 is 16.7 Å². The van der Waals surface area contributed by atoms with Crippen molar-refractivity contribution < 1.29 is 19.0 Å². The molecule has 0 N–H and O–H groups in total. The van der Waals surface area contributed by atoms with E-state index in [1.54, 1.807) is 79.9 Å². The number of methoxy groups -OCH3 is 1. The molecule has 31 heavy (non-hydrogen) atoms. The van der Waals surface area contributed by atoms with Crippen molar-refractivity contribution in [2.75, 3.05) is 20.3 Å². The Kier molecular flexibility index (Phi) is 5.93. The lowest BCUT2D eigenvalue weighted by Gasteiger charge is -2.11. The molecule has 4 aromatic rings. The van der Waals surface area contributed by atoms with Crippen molar-refractivity contribution in [3.05, 3.63) is 94.9 Å². The number of para-hydroxylation sites is 1. The smallest absolute Gasteiger partial charge is 0.359 e. The molecule has 0 saturated heterocycles. The van der Waals surface area contributed by atoms with Gasteiger partial charge in [-0.25, -0.2) is 4.79 Å². The average molecular weight is 416 g/mol. The van der Waals surface area contributed by atoms with Gasteiger partial charge in [0.25, 0.3) is 5.56 Å². The summed E-state index contributed by atoms with van der Waals surface area (Å²) in [6.45, 7) is 0.208. The van der Waals surface area contributed by atoms with Gasteiger partial charge in [0.1, 0.15) is 24.7 Å². The molecule has 7 nitrogen and oxygen atoms in total. The minimum absolute atomic E-state index is 0.0331. The summed E-state index contributed by atoms with van der Waals surface area (Å²) in [6, 6.07) is 22.9. The molecule has 0 aliphatic carbocycles. The van der Waals surface area contributed by atoms with Crippen molar-refractivity contribution in [2.45, 2.75) is 0 Å². The summed E-state index contributed by atoms with van der Waals surface area (Å²) in [5, 5.41) is 5.14. The molecule has 0 spiro atoms. The monoisotopic (exact) mass is 416 g/mol. The molecular formula is C24H20N2O5. The summed E-state index contributed by atoms with van der Waals surface area (Å²) in [5.41, 5.74) is 0.333. The van der Waals surface area contributed by atoms with Gasteiger partial charge < -0.3 is 14.2 Å². The zero-order valence-electron chi connectivity index (χ0n) is 16.9. The van der Waals surface area contributed by atoms with Crippen molar-refractivity contribution in [3.8, 4) is 17.2 Å². The summed E-state index contributed by atoms with van der Waals surface area (Å²) in [7, 11) is 1.59. The third-order valence-electron chi connectivity index (χ3n) is 4.64. The molecule has 156 valence electrons. The Labute approximate surface area is 178 Å². The molecule has 0 unspecified atom stereocenters. The maximum atomic E-state index is 12.9. The maximum Gasteiger partial charge on any atom is 0.359 e. The van der Waals surface area contributed by atoms with Crippen LogP contribution in [0.25, 0.3) is 16.5 Å². The second kappa shape index (κ2) is 9.13. The Morgan fingerprint density at radius 2 is 1.48 bits per heavy atom. The fourth-order valence-corrected chi connectivity index (χ4v) is 3.12. The van der Waals surface area contributed by atoms with Crippen LogP contribution in [0.15, 0.2) is 83.7 Å². The van der Waals surface area contributed by atoms with Crippen LogP contribution in [0, 0.1) is 0 Å². The fraction of sp³-hybridized carbons (Fsp3) is 0.125. The first-order valence-electron chi connectivity index (χ1n) is 9.69. The lowest BCUT2D eigenvalue weighted by Crippen LogP contribution is -2.25. The average Bonchev–Trinajstić information content (AvgIpc) is 2.83. The van der Waals surface area contributed by atoms with E-state index in [9.17, 15) is 9.59 Å². The molecule has 1 heterocycles. The standard InChI is InChI=1S/C24H20N2O5/c1-29-18-11-13-19(14-12-18)30-15-16-31-24(28)22-20-9-5-6-10-21(20)23(27)26(25-22)17-7-3-2-4-8-17/h2-14H,15-16H2,1H3. The highest BCUT2D eigenvalue weighted by Gasteiger charge is 2.18. The van der Waals surface area contributed by atoms with E-state index in [1.807, 2.05) is 6.07 Å². The Hall–Kier alpha value is -4.13. The van der Waals surface area contributed by atoms with Gasteiger partial charge in [-0.2, -0.15) is 9.78 Å². The maximum absolute atomic E-state index is 12.9. The van der Waals surface area contributed by atoms with Gasteiger partial charge >= 0.3 is 5.97 Å². The number of hydrogen-bond donors (Lipinski definition) is 0. The van der Waals surface area contributed by atoms with Crippen LogP contribution in [0.5, 0.6) is 11.5 Å². The van der Waals surface area contributed by atoms with Crippen LogP contribution < -0.4 is 15.0 Å². The predicted molar refractivity (Wildman–Crippen MR) is 116 cm³/mol. The van der Waals surface area contributed by atoms with Gasteiger partial charge in [0.2, 0.25) is 0 Å². The zero-order valence-corrected chi connectivity index (χ0v) is 16.9. The number of hydrogen-bond acceptors (Lipinski definition) is 6. The molecule has 0 bridgehead atoms. The van der Waals surface area contributed by atoms with E-state index >= 15 is 0 Å². The van der Waals surface area contributed by atoms with Crippen LogP contribution in [0.1, 0.15) is 10.5 Å². The van der Waals surface area contributed by atoms with E-state index in [-0.39, 0.29) is 24.5 Å². The summed E-state index contributed by atoms with van der Waals surface area (Å²) in [5.74, 6) is 0.738. The van der Waals surface area contributed by atoms with Crippen molar-refractivity contribution in [1.82, 2.24) is 9.78 Å². The summed E-state index contributed by atoms with van der Waals surface area (Å²) >= 11 is 0. The van der Waals surface area contributed by atoms with Gasteiger partial charge in [0, 0.05) is 5.39 Å². The molecule has 7 heteroatoms. The van der Waals surface area contributed by atoms with Gasteiger partial charge in [-0.05, 0) is 42.5 Å². The highest BCUT2D eigenvalue weighted by atomic mass is 16.6. The van der Waals surface area contributed by atoms with Gasteiger partial charge in [0.05, 0.1) is 18.2 Å². The highest BCUT2D eigenvalue weighted by molar-refractivity contribution is 6.02. The van der Waals surface area contributed by atoms with Crippen molar-refractivity contribution in [1.29, 1.82) is 0 Å². The first-order chi connectivity index (χ1) is 15.2. The van der Waals surface area contributed by atoms with Crippen LogP contribution >= 0.6 is 0 Å². The normalized spacial score (nSPS) is 10.6. The molecule has 0 aliphatic rings. The van der Waals surface area contributed by atoms with E-state index in [1.165, 1.54) is 4.68 Å². The number of esters is 1. The molecule has 0 aliphatic heterocycles. The largest absolute Gasteiger partial charge is 0.497 e. The third-order valence-corrected chi connectivity index (χ3v) is 4.64. The quantitative estimate of drug-likeness (QED) is 0.338. The van der Waals surface area contributed by atoms with Crippen LogP contribution in [0.4, 0.5) is 0 Å². The molecule has 0 radical (unpaired) electrons. The van der Waals surface area contributed by atoms with E-state index in [4.69, 9.17) is 14.2 Å². The molecule has 0 saturated carbocycles. The predicted octanol–water partition coefficient (Wildman–Crippen LogP) is 3.63. The van der Waals surface area contributed by atoms with E-state index in [0.717, 1.165) is 5.75 Å². The lowest BCUT2D eigenvalue weighted by molar-refractivity contribution is 0.0444. The van der Waals surface area contributed by atoms with Gasteiger partial charge in [0.15, 0.2) is 5.69 Å². The number of aromatic nitrogens is 2. The number of rotatable bonds is 7. The molecule has 0 fully saturated rings. The number of carbonyl (C=O) groups excluding carboxylic acids is 1. The van der Waals surface area contributed by atoms with Crippen LogP contribution in [-0.4, -0.2) is 36.1 Å².